The van der Waals surface area contributed by atoms with Crippen LogP contribution < -0.4 is 10.6 Å². The van der Waals surface area contributed by atoms with Crippen LogP contribution >= 0.6 is 0 Å². The number of unbranched alkanes of at least 4 members (excludes halogenated alkanes) is 6. The summed E-state index contributed by atoms with van der Waals surface area (Å²) in [6.45, 7) is 14.4. The van der Waals surface area contributed by atoms with E-state index >= 15 is 0 Å². The molecular weight excluding hydrogens is 690 g/mol. The molecule has 53 heavy (non-hydrogen) atoms. The lowest BCUT2D eigenvalue weighted by atomic mass is 10.0. The maximum atomic E-state index is 5.78. The van der Waals surface area contributed by atoms with E-state index < -0.39 is 0 Å². The van der Waals surface area contributed by atoms with Crippen LogP contribution in [0, 0.1) is 0 Å². The van der Waals surface area contributed by atoms with Crippen molar-refractivity contribution in [2.24, 2.45) is 5.90 Å². The molecule has 0 saturated carbocycles. The normalized spacial score (nSPS) is 11.5. The summed E-state index contributed by atoms with van der Waals surface area (Å²) in [6, 6.07) is 8.45. The summed E-state index contributed by atoms with van der Waals surface area (Å²) in [5.41, 5.74) is 1.38. The third kappa shape index (κ3) is 38.6. The number of benzene rings is 1. The van der Waals surface area contributed by atoms with Crippen LogP contribution in [0.5, 0.6) is 5.75 Å². The SMILES string of the molecule is CCCCCCCCCc1ccc(OCCOCCOCCOCCOCCOCCOCCOCCOCCOCCOCCOCCON)cc1. The molecule has 0 radical (unpaired) electrons. The minimum absolute atomic E-state index is 0.373. The molecule has 1 aromatic carbocycles. The van der Waals surface area contributed by atoms with Gasteiger partial charge in [0.2, 0.25) is 0 Å². The molecule has 1 aromatic rings. The zero-order valence-electron chi connectivity index (χ0n) is 32.8. The number of ether oxygens (including phenoxy) is 12. The van der Waals surface area contributed by atoms with Gasteiger partial charge < -0.3 is 61.7 Å². The summed E-state index contributed by atoms with van der Waals surface area (Å²) in [4.78, 5) is 4.40. The van der Waals surface area contributed by atoms with E-state index in [2.05, 4.69) is 36.0 Å². The van der Waals surface area contributed by atoms with Crippen molar-refractivity contribution in [1.29, 1.82) is 0 Å². The Balaban J connectivity index is 1.68. The molecule has 1 rings (SSSR count). The van der Waals surface area contributed by atoms with E-state index in [4.69, 9.17) is 62.7 Å². The topological polar surface area (TPSA) is 146 Å². The number of aryl methyl sites for hydroxylation is 1. The molecule has 0 aliphatic rings. The van der Waals surface area contributed by atoms with Gasteiger partial charge in [0.25, 0.3) is 0 Å². The predicted molar refractivity (Wildman–Crippen MR) is 203 cm³/mol. The number of hydrogen-bond acceptors (Lipinski definition) is 14. The lowest BCUT2D eigenvalue weighted by Crippen LogP contribution is -2.15. The van der Waals surface area contributed by atoms with Crippen LogP contribution in [0.4, 0.5) is 0 Å². The second-order valence-electron chi connectivity index (χ2n) is 12.0. The van der Waals surface area contributed by atoms with Crippen LogP contribution in [-0.4, -0.2) is 159 Å². The zero-order chi connectivity index (χ0) is 37.8. The standard InChI is InChI=1S/C39H73NO13/c1-2-3-4-5-6-7-8-9-38-10-12-39(13-11-38)52-36-34-50-32-30-48-28-26-46-24-22-44-20-18-42-16-14-41-15-17-43-19-21-45-23-25-47-27-29-49-31-33-51-35-37-53-40/h10-13H,2-9,14-37,40H2,1H3. The first-order chi connectivity index (χ1) is 26.4. The molecule has 2 N–H and O–H groups in total. The fourth-order valence-electron chi connectivity index (χ4n) is 4.67. The maximum Gasteiger partial charge on any atom is 0.119 e. The van der Waals surface area contributed by atoms with Crippen molar-refractivity contribution in [2.75, 3.05) is 159 Å². The predicted octanol–water partition coefficient (Wildman–Crippen LogP) is 4.43. The first kappa shape index (κ1) is 49.5. The van der Waals surface area contributed by atoms with Crippen LogP contribution in [0.1, 0.15) is 57.4 Å². The van der Waals surface area contributed by atoms with Crippen LogP contribution in [0.2, 0.25) is 0 Å². The van der Waals surface area contributed by atoms with E-state index in [0.29, 0.717) is 159 Å². The Labute approximate surface area is 319 Å². The second-order valence-corrected chi connectivity index (χ2v) is 12.0. The third-order valence-electron chi connectivity index (χ3n) is 7.55. The molecule has 0 saturated heterocycles. The molecular formula is C39H73NO13. The zero-order valence-corrected chi connectivity index (χ0v) is 32.8. The van der Waals surface area contributed by atoms with Gasteiger partial charge in [0, 0.05) is 0 Å². The minimum Gasteiger partial charge on any atom is -0.491 e. The lowest BCUT2D eigenvalue weighted by molar-refractivity contribution is -0.0285. The monoisotopic (exact) mass is 764 g/mol. The molecule has 0 atom stereocenters. The molecule has 0 fully saturated rings. The first-order valence-corrected chi connectivity index (χ1v) is 19.8. The highest BCUT2D eigenvalue weighted by Gasteiger charge is 1.99. The second kappa shape index (κ2) is 43.2. The quantitative estimate of drug-likeness (QED) is 0.0739. The Bertz CT molecular complexity index is 825. The molecule has 0 heterocycles. The Morgan fingerprint density at radius 3 is 0.943 bits per heavy atom. The van der Waals surface area contributed by atoms with Crippen LogP contribution in [-0.2, 0) is 63.4 Å². The number of nitrogens with two attached hydrogens (primary N) is 1. The fraction of sp³-hybridized carbons (Fsp3) is 0.846. The van der Waals surface area contributed by atoms with E-state index in [1.165, 1.54) is 50.5 Å². The van der Waals surface area contributed by atoms with Gasteiger partial charge in [-0.3, -0.25) is 0 Å². The average Bonchev–Trinajstić information content (AvgIpc) is 3.18. The van der Waals surface area contributed by atoms with Crippen molar-refractivity contribution in [3.05, 3.63) is 29.8 Å². The van der Waals surface area contributed by atoms with Crippen molar-refractivity contribution in [3.8, 4) is 5.75 Å². The van der Waals surface area contributed by atoms with E-state index in [1.807, 2.05) is 0 Å². The Hall–Kier alpha value is -1.50. The van der Waals surface area contributed by atoms with Gasteiger partial charge in [-0.2, -0.15) is 0 Å². The third-order valence-corrected chi connectivity index (χ3v) is 7.55. The van der Waals surface area contributed by atoms with Gasteiger partial charge in [0.05, 0.1) is 152 Å². The van der Waals surface area contributed by atoms with Crippen molar-refractivity contribution in [2.45, 2.75) is 58.3 Å². The summed E-state index contributed by atoms with van der Waals surface area (Å²) < 4.78 is 65.9. The highest BCUT2D eigenvalue weighted by atomic mass is 16.6. The Morgan fingerprint density at radius 1 is 0.340 bits per heavy atom. The number of hydrogen-bond donors (Lipinski definition) is 1. The van der Waals surface area contributed by atoms with Gasteiger partial charge in [-0.15, -0.1) is 0 Å². The van der Waals surface area contributed by atoms with Crippen molar-refractivity contribution in [1.82, 2.24) is 0 Å². The molecule has 14 nitrogen and oxygen atoms in total. The van der Waals surface area contributed by atoms with Gasteiger partial charge in [0.15, 0.2) is 0 Å². The van der Waals surface area contributed by atoms with Gasteiger partial charge in [0.1, 0.15) is 12.4 Å². The average molecular weight is 764 g/mol. The largest absolute Gasteiger partial charge is 0.491 e. The van der Waals surface area contributed by atoms with Crippen LogP contribution in [0.15, 0.2) is 24.3 Å². The van der Waals surface area contributed by atoms with E-state index in [9.17, 15) is 0 Å². The highest BCUT2D eigenvalue weighted by molar-refractivity contribution is 5.27. The van der Waals surface area contributed by atoms with Crippen molar-refractivity contribution < 1.29 is 61.7 Å². The molecule has 0 aromatic heterocycles. The molecule has 312 valence electrons. The van der Waals surface area contributed by atoms with Gasteiger partial charge in [-0.1, -0.05) is 57.6 Å². The minimum atomic E-state index is 0.373. The summed E-state index contributed by atoms with van der Waals surface area (Å²) in [5.74, 6) is 5.79. The summed E-state index contributed by atoms with van der Waals surface area (Å²) in [7, 11) is 0. The summed E-state index contributed by atoms with van der Waals surface area (Å²) >= 11 is 0. The van der Waals surface area contributed by atoms with E-state index in [-0.39, 0.29) is 0 Å². The molecule has 0 unspecified atom stereocenters. The lowest BCUT2D eigenvalue weighted by Gasteiger charge is -2.09. The number of rotatable bonds is 45. The van der Waals surface area contributed by atoms with E-state index in [0.717, 1.165) is 12.2 Å². The molecule has 14 heteroatoms. The summed E-state index contributed by atoms with van der Waals surface area (Å²) in [6.07, 6.45) is 10.5. The van der Waals surface area contributed by atoms with Gasteiger partial charge in [-0.05, 0) is 30.5 Å². The molecule has 0 spiro atoms. The van der Waals surface area contributed by atoms with Crippen molar-refractivity contribution >= 4 is 0 Å². The maximum absolute atomic E-state index is 5.78. The van der Waals surface area contributed by atoms with Gasteiger partial charge >= 0.3 is 0 Å². The fourth-order valence-corrected chi connectivity index (χ4v) is 4.67. The summed E-state index contributed by atoms with van der Waals surface area (Å²) in [5, 5.41) is 0. The van der Waals surface area contributed by atoms with Crippen LogP contribution in [0.3, 0.4) is 0 Å². The molecule has 0 bridgehead atoms. The Kier molecular flexibility index (Phi) is 40.4. The molecule has 0 amide bonds. The molecule has 0 aliphatic carbocycles. The van der Waals surface area contributed by atoms with E-state index in [1.54, 1.807) is 0 Å². The van der Waals surface area contributed by atoms with Gasteiger partial charge in [-0.25, -0.2) is 5.90 Å². The van der Waals surface area contributed by atoms with Crippen LogP contribution in [0.25, 0.3) is 0 Å². The highest BCUT2D eigenvalue weighted by Crippen LogP contribution is 2.15. The van der Waals surface area contributed by atoms with Crippen molar-refractivity contribution in [3.63, 3.8) is 0 Å². The Morgan fingerprint density at radius 2 is 0.623 bits per heavy atom. The molecule has 0 aliphatic heterocycles. The smallest absolute Gasteiger partial charge is 0.119 e. The first-order valence-electron chi connectivity index (χ1n) is 19.8.